The second-order valence-corrected chi connectivity index (χ2v) is 8.47. The third-order valence-electron chi connectivity index (χ3n) is 5.29. The summed E-state index contributed by atoms with van der Waals surface area (Å²) in [6.45, 7) is 8.00. The molecule has 29 heavy (non-hydrogen) atoms. The van der Waals surface area contributed by atoms with Crippen LogP contribution in [0.3, 0.4) is 0 Å². The van der Waals surface area contributed by atoms with Crippen molar-refractivity contribution in [1.29, 1.82) is 0 Å². The van der Waals surface area contributed by atoms with Crippen LogP contribution in [0.25, 0.3) is 11.0 Å². The number of imidazole rings is 1. The van der Waals surface area contributed by atoms with Crippen molar-refractivity contribution in [2.75, 3.05) is 0 Å². The summed E-state index contributed by atoms with van der Waals surface area (Å²) in [4.78, 5) is 4.83. The van der Waals surface area contributed by atoms with Crippen molar-refractivity contribution >= 4 is 11.0 Å². The molecule has 0 atom stereocenters. The summed E-state index contributed by atoms with van der Waals surface area (Å²) >= 11 is 0. The topological polar surface area (TPSA) is 27.1 Å². The number of nitrogens with zero attached hydrogens (tertiary/aromatic N) is 2. The second kappa shape index (κ2) is 8.12. The molecule has 148 valence electrons. The predicted molar refractivity (Wildman–Crippen MR) is 119 cm³/mol. The summed E-state index contributed by atoms with van der Waals surface area (Å²) in [5, 5.41) is 0. The zero-order valence-electron chi connectivity index (χ0n) is 17.4. The first-order valence-corrected chi connectivity index (χ1v) is 10.2. The zero-order valence-corrected chi connectivity index (χ0v) is 17.4. The summed E-state index contributed by atoms with van der Waals surface area (Å²) in [5.41, 5.74) is 4.95. The third kappa shape index (κ3) is 4.51. The Bertz CT molecular complexity index is 1070. The Morgan fingerprint density at radius 1 is 0.828 bits per heavy atom. The summed E-state index contributed by atoms with van der Waals surface area (Å²) < 4.78 is 8.38. The molecule has 0 unspecified atom stereocenters. The van der Waals surface area contributed by atoms with Crippen molar-refractivity contribution in [2.45, 2.75) is 45.8 Å². The fourth-order valence-corrected chi connectivity index (χ4v) is 3.57. The highest BCUT2D eigenvalue weighted by molar-refractivity contribution is 5.75. The molecule has 0 radical (unpaired) electrons. The van der Waals surface area contributed by atoms with E-state index in [0.717, 1.165) is 35.6 Å². The van der Waals surface area contributed by atoms with Crippen LogP contribution in [0.2, 0.25) is 0 Å². The Hall–Kier alpha value is -3.07. The molecule has 0 amide bonds. The van der Waals surface area contributed by atoms with Gasteiger partial charge >= 0.3 is 0 Å². The fraction of sp³-hybridized carbons (Fsp3) is 0.269. The van der Waals surface area contributed by atoms with Gasteiger partial charge in [0.15, 0.2) is 0 Å². The maximum Gasteiger partial charge on any atom is 0.148 e. The van der Waals surface area contributed by atoms with Crippen molar-refractivity contribution in [3.05, 3.63) is 95.8 Å². The molecule has 3 aromatic carbocycles. The molecular weight excluding hydrogens is 356 g/mol. The normalized spacial score (nSPS) is 11.7. The van der Waals surface area contributed by atoms with Crippen molar-refractivity contribution in [3.8, 4) is 5.75 Å². The number of rotatable bonds is 6. The van der Waals surface area contributed by atoms with E-state index in [1.54, 1.807) is 0 Å². The van der Waals surface area contributed by atoms with Gasteiger partial charge in [-0.3, -0.25) is 0 Å². The lowest BCUT2D eigenvalue weighted by Crippen LogP contribution is -2.11. The first-order valence-electron chi connectivity index (χ1n) is 10.2. The van der Waals surface area contributed by atoms with E-state index in [1.165, 1.54) is 11.1 Å². The van der Waals surface area contributed by atoms with Crippen molar-refractivity contribution in [1.82, 2.24) is 9.55 Å². The number of fused-ring (bicyclic) bond motifs is 1. The summed E-state index contributed by atoms with van der Waals surface area (Å²) in [6.07, 6.45) is 0.967. The van der Waals surface area contributed by atoms with E-state index in [-0.39, 0.29) is 5.41 Å². The van der Waals surface area contributed by atoms with Gasteiger partial charge in [0, 0.05) is 6.54 Å². The van der Waals surface area contributed by atoms with Crippen molar-refractivity contribution in [3.63, 3.8) is 0 Å². The molecule has 0 bridgehead atoms. The summed E-state index contributed by atoms with van der Waals surface area (Å²) in [7, 11) is 0. The SMILES string of the molecule is CC(C)(C)c1ccc(OCc2nc3ccccc3n2CCc2ccccc2)cc1. The van der Waals surface area contributed by atoms with Gasteiger partial charge in [-0.25, -0.2) is 4.98 Å². The van der Waals surface area contributed by atoms with E-state index in [1.807, 2.05) is 6.07 Å². The predicted octanol–water partition coefficient (Wildman–Crippen LogP) is 6.16. The monoisotopic (exact) mass is 384 g/mol. The Kier molecular flexibility index (Phi) is 5.39. The minimum atomic E-state index is 0.143. The molecule has 3 heteroatoms. The van der Waals surface area contributed by atoms with Crippen LogP contribution in [0.1, 0.15) is 37.7 Å². The molecule has 4 rings (SSSR count). The summed E-state index contributed by atoms with van der Waals surface area (Å²) in [5.74, 6) is 1.83. The molecule has 0 saturated carbocycles. The van der Waals surface area contributed by atoms with Crippen LogP contribution in [0, 0.1) is 0 Å². The van der Waals surface area contributed by atoms with Crippen LogP contribution in [0.5, 0.6) is 5.75 Å². The number of aryl methyl sites for hydroxylation is 2. The lowest BCUT2D eigenvalue weighted by atomic mass is 9.87. The molecule has 1 aromatic heterocycles. The van der Waals surface area contributed by atoms with Gasteiger partial charge in [-0.2, -0.15) is 0 Å². The zero-order chi connectivity index (χ0) is 20.3. The van der Waals surface area contributed by atoms with Crippen LogP contribution in [0.15, 0.2) is 78.9 Å². The fourth-order valence-electron chi connectivity index (χ4n) is 3.57. The standard InChI is InChI=1S/C26H28N2O/c1-26(2,3)21-13-15-22(16-14-21)29-19-25-27-23-11-7-8-12-24(23)28(25)18-17-20-9-5-4-6-10-20/h4-16H,17-19H2,1-3H3. The summed E-state index contributed by atoms with van der Waals surface area (Å²) in [6, 6.07) is 27.3. The number of ether oxygens (including phenoxy) is 1. The van der Waals surface area contributed by atoms with Gasteiger partial charge in [0.05, 0.1) is 11.0 Å². The maximum atomic E-state index is 6.10. The van der Waals surface area contributed by atoms with Gasteiger partial charge in [-0.15, -0.1) is 0 Å². The Labute approximate surface area is 173 Å². The lowest BCUT2D eigenvalue weighted by Gasteiger charge is -2.19. The minimum absolute atomic E-state index is 0.143. The first-order chi connectivity index (χ1) is 14.0. The highest BCUT2D eigenvalue weighted by Gasteiger charge is 2.14. The van der Waals surface area contributed by atoms with Gasteiger partial charge in [0.1, 0.15) is 18.2 Å². The molecule has 3 nitrogen and oxygen atoms in total. The van der Waals surface area contributed by atoms with Crippen LogP contribution < -0.4 is 4.74 Å². The van der Waals surface area contributed by atoms with E-state index in [4.69, 9.17) is 9.72 Å². The Balaban J connectivity index is 1.53. The second-order valence-electron chi connectivity index (χ2n) is 8.47. The third-order valence-corrected chi connectivity index (χ3v) is 5.29. The average Bonchev–Trinajstić information content (AvgIpc) is 3.08. The number of para-hydroxylation sites is 2. The van der Waals surface area contributed by atoms with E-state index in [2.05, 4.69) is 98.1 Å². The van der Waals surface area contributed by atoms with E-state index in [0.29, 0.717) is 6.61 Å². The van der Waals surface area contributed by atoms with E-state index < -0.39 is 0 Å². The average molecular weight is 385 g/mol. The highest BCUT2D eigenvalue weighted by atomic mass is 16.5. The van der Waals surface area contributed by atoms with Gasteiger partial charge in [-0.1, -0.05) is 75.4 Å². The number of benzene rings is 3. The van der Waals surface area contributed by atoms with Gasteiger partial charge in [-0.05, 0) is 47.2 Å². The molecule has 0 aliphatic carbocycles. The number of hydrogen-bond donors (Lipinski definition) is 0. The van der Waals surface area contributed by atoms with E-state index in [9.17, 15) is 0 Å². The first kappa shape index (κ1) is 19.3. The van der Waals surface area contributed by atoms with E-state index >= 15 is 0 Å². The largest absolute Gasteiger partial charge is 0.486 e. The molecule has 0 saturated heterocycles. The molecule has 0 spiro atoms. The van der Waals surface area contributed by atoms with Crippen LogP contribution >= 0.6 is 0 Å². The van der Waals surface area contributed by atoms with Crippen molar-refractivity contribution in [2.24, 2.45) is 0 Å². The van der Waals surface area contributed by atoms with Gasteiger partial charge in [0.25, 0.3) is 0 Å². The minimum Gasteiger partial charge on any atom is -0.486 e. The quantitative estimate of drug-likeness (QED) is 0.398. The Morgan fingerprint density at radius 2 is 1.52 bits per heavy atom. The van der Waals surface area contributed by atoms with Gasteiger partial charge in [0.2, 0.25) is 0 Å². The molecule has 4 aromatic rings. The molecule has 0 aliphatic rings. The van der Waals surface area contributed by atoms with Gasteiger partial charge < -0.3 is 9.30 Å². The number of aromatic nitrogens is 2. The lowest BCUT2D eigenvalue weighted by molar-refractivity contribution is 0.290. The molecule has 0 N–H and O–H groups in total. The molecule has 1 heterocycles. The van der Waals surface area contributed by atoms with Crippen LogP contribution in [-0.4, -0.2) is 9.55 Å². The number of hydrogen-bond acceptors (Lipinski definition) is 2. The van der Waals surface area contributed by atoms with Crippen LogP contribution in [-0.2, 0) is 25.0 Å². The maximum absolute atomic E-state index is 6.10. The smallest absolute Gasteiger partial charge is 0.148 e. The molecule has 0 aliphatic heterocycles. The Morgan fingerprint density at radius 3 is 2.24 bits per heavy atom. The molecular formula is C26H28N2O. The molecule has 0 fully saturated rings. The highest BCUT2D eigenvalue weighted by Crippen LogP contribution is 2.25. The van der Waals surface area contributed by atoms with Crippen LogP contribution in [0.4, 0.5) is 0 Å². The van der Waals surface area contributed by atoms with Crippen molar-refractivity contribution < 1.29 is 4.74 Å².